The lowest BCUT2D eigenvalue weighted by Crippen LogP contribution is -2.18. The third-order valence-electron chi connectivity index (χ3n) is 3.60. The van der Waals surface area contributed by atoms with Crippen LogP contribution in [0.1, 0.15) is 32.2 Å². The minimum atomic E-state index is -0.619. The Labute approximate surface area is 176 Å². The Morgan fingerprint density at radius 1 is 0.724 bits per heavy atom. The van der Waals surface area contributed by atoms with Crippen molar-refractivity contribution in [1.82, 2.24) is 10.9 Å². The van der Waals surface area contributed by atoms with Gasteiger partial charge < -0.3 is 4.42 Å². The Balaban J connectivity index is 1.56. The fourth-order valence-electron chi connectivity index (χ4n) is 2.17. The van der Waals surface area contributed by atoms with Crippen molar-refractivity contribution in [3.8, 4) is 0 Å². The van der Waals surface area contributed by atoms with Gasteiger partial charge in [0.05, 0.1) is 12.4 Å². The Morgan fingerprint density at radius 2 is 1.14 bits per heavy atom. The minimum Gasteiger partial charge on any atom is -0.446 e. The number of benzene rings is 2. The Bertz CT molecular complexity index is 1010. The smallest absolute Gasteiger partial charge is 0.307 e. The molecule has 7 nitrogen and oxygen atoms in total. The summed E-state index contributed by atoms with van der Waals surface area (Å²) in [5, 5.41) is 8.64. The summed E-state index contributed by atoms with van der Waals surface area (Å²) in [6.45, 7) is 0. The van der Waals surface area contributed by atoms with Gasteiger partial charge in [-0.05, 0) is 24.3 Å². The van der Waals surface area contributed by atoms with Crippen molar-refractivity contribution >= 4 is 47.4 Å². The molecule has 0 saturated heterocycles. The largest absolute Gasteiger partial charge is 0.446 e. The molecule has 0 unspecified atom stereocenters. The van der Waals surface area contributed by atoms with Crippen LogP contribution in [0.3, 0.4) is 0 Å². The van der Waals surface area contributed by atoms with Crippen LogP contribution in [0.2, 0.25) is 10.0 Å². The zero-order chi connectivity index (χ0) is 20.6. The summed E-state index contributed by atoms with van der Waals surface area (Å²) in [7, 11) is 0. The van der Waals surface area contributed by atoms with E-state index in [-0.39, 0.29) is 11.5 Å². The summed E-state index contributed by atoms with van der Waals surface area (Å²) in [6, 6.07) is 16.8. The molecular formula is C20H14Cl2N4O3. The molecule has 3 aromatic rings. The molecule has 146 valence electrons. The first-order chi connectivity index (χ1) is 14.0. The Kier molecular flexibility index (Phi) is 6.78. The second kappa shape index (κ2) is 9.68. The van der Waals surface area contributed by atoms with Gasteiger partial charge in [0.1, 0.15) is 0 Å². The molecule has 0 radical (unpaired) electrons. The van der Waals surface area contributed by atoms with E-state index in [0.717, 1.165) is 0 Å². The molecule has 0 aliphatic carbocycles. The fourth-order valence-corrected chi connectivity index (χ4v) is 2.54. The van der Waals surface area contributed by atoms with Crippen LogP contribution >= 0.6 is 23.2 Å². The normalized spacial score (nSPS) is 11.1. The lowest BCUT2D eigenvalue weighted by atomic mass is 10.2. The number of carbonyl (C=O) groups excluding carboxylic acids is 2. The van der Waals surface area contributed by atoms with Gasteiger partial charge >= 0.3 is 11.8 Å². The van der Waals surface area contributed by atoms with Crippen LogP contribution in [-0.4, -0.2) is 24.2 Å². The molecule has 2 amide bonds. The first-order valence-electron chi connectivity index (χ1n) is 8.30. The SMILES string of the molecule is O=C(NN=Cc1ccccc1Cl)c1ccc(C(=O)NN=Cc2ccccc2Cl)o1. The van der Waals surface area contributed by atoms with Gasteiger partial charge in [-0.15, -0.1) is 0 Å². The molecule has 29 heavy (non-hydrogen) atoms. The second-order valence-corrected chi connectivity index (χ2v) is 6.42. The zero-order valence-electron chi connectivity index (χ0n) is 14.8. The Morgan fingerprint density at radius 3 is 1.55 bits per heavy atom. The summed E-state index contributed by atoms with van der Waals surface area (Å²) in [4.78, 5) is 24.1. The van der Waals surface area contributed by atoms with Crippen molar-refractivity contribution in [2.75, 3.05) is 0 Å². The van der Waals surface area contributed by atoms with E-state index in [1.54, 1.807) is 48.5 Å². The van der Waals surface area contributed by atoms with Gasteiger partial charge in [-0.25, -0.2) is 10.9 Å². The molecule has 0 fully saturated rings. The number of rotatable bonds is 6. The lowest BCUT2D eigenvalue weighted by Gasteiger charge is -1.99. The second-order valence-electron chi connectivity index (χ2n) is 5.61. The highest BCUT2D eigenvalue weighted by atomic mass is 35.5. The number of hydrogen-bond acceptors (Lipinski definition) is 5. The highest BCUT2D eigenvalue weighted by molar-refractivity contribution is 6.33. The molecule has 0 spiro atoms. The maximum absolute atomic E-state index is 12.1. The molecular weight excluding hydrogens is 415 g/mol. The number of carbonyl (C=O) groups is 2. The van der Waals surface area contributed by atoms with Crippen molar-refractivity contribution in [3.63, 3.8) is 0 Å². The van der Waals surface area contributed by atoms with Gasteiger partial charge in [-0.1, -0.05) is 59.6 Å². The molecule has 0 aliphatic heterocycles. The molecule has 0 bridgehead atoms. The van der Waals surface area contributed by atoms with Crippen LogP contribution in [0.5, 0.6) is 0 Å². The van der Waals surface area contributed by atoms with Crippen molar-refractivity contribution < 1.29 is 14.0 Å². The van der Waals surface area contributed by atoms with E-state index in [1.807, 2.05) is 0 Å². The van der Waals surface area contributed by atoms with E-state index >= 15 is 0 Å². The summed E-state index contributed by atoms with van der Waals surface area (Å²) in [5.74, 6) is -1.40. The summed E-state index contributed by atoms with van der Waals surface area (Å²) in [5.41, 5.74) is 5.89. The molecule has 2 aromatic carbocycles. The monoisotopic (exact) mass is 428 g/mol. The number of nitrogens with zero attached hydrogens (tertiary/aromatic N) is 2. The standard InChI is InChI=1S/C20H14Cl2N4O3/c21-15-7-3-1-5-13(15)11-23-25-19(27)17-9-10-18(29-17)20(28)26-24-12-14-6-2-4-8-16(14)22/h1-12H,(H,25,27)(H,26,28). The van der Waals surface area contributed by atoms with Crippen LogP contribution in [0.25, 0.3) is 0 Å². The van der Waals surface area contributed by atoms with Crippen LogP contribution < -0.4 is 10.9 Å². The highest BCUT2D eigenvalue weighted by Crippen LogP contribution is 2.13. The number of nitrogens with one attached hydrogen (secondary N) is 2. The summed E-state index contributed by atoms with van der Waals surface area (Å²) < 4.78 is 5.24. The molecule has 9 heteroatoms. The van der Waals surface area contributed by atoms with Gasteiger partial charge in [0.2, 0.25) is 0 Å². The maximum Gasteiger partial charge on any atom is 0.307 e. The topological polar surface area (TPSA) is 96.1 Å². The number of halogens is 2. The average Bonchev–Trinajstić information content (AvgIpc) is 3.21. The lowest BCUT2D eigenvalue weighted by molar-refractivity contribution is 0.0902. The van der Waals surface area contributed by atoms with Crippen LogP contribution in [0.4, 0.5) is 0 Å². The van der Waals surface area contributed by atoms with Gasteiger partial charge in [-0.2, -0.15) is 10.2 Å². The third-order valence-corrected chi connectivity index (χ3v) is 4.29. The molecule has 0 saturated carbocycles. The Hall–Kier alpha value is -3.42. The predicted octanol–water partition coefficient (Wildman–Crippen LogP) is 4.11. The minimum absolute atomic E-state index is 0.0819. The molecule has 0 aliphatic rings. The average molecular weight is 429 g/mol. The van der Waals surface area contributed by atoms with E-state index in [4.69, 9.17) is 27.6 Å². The van der Waals surface area contributed by atoms with Crippen molar-refractivity contribution in [1.29, 1.82) is 0 Å². The number of amides is 2. The quantitative estimate of drug-likeness (QED) is 0.456. The van der Waals surface area contributed by atoms with Crippen molar-refractivity contribution in [2.45, 2.75) is 0 Å². The number of furan rings is 1. The van der Waals surface area contributed by atoms with Crippen LogP contribution in [0.15, 0.2) is 75.3 Å². The summed E-state index contributed by atoms with van der Waals surface area (Å²) >= 11 is 12.0. The van der Waals surface area contributed by atoms with Crippen LogP contribution in [-0.2, 0) is 0 Å². The van der Waals surface area contributed by atoms with Crippen molar-refractivity contribution in [2.24, 2.45) is 10.2 Å². The van der Waals surface area contributed by atoms with E-state index in [9.17, 15) is 9.59 Å². The number of hydrazone groups is 2. The zero-order valence-corrected chi connectivity index (χ0v) is 16.3. The van der Waals surface area contributed by atoms with Gasteiger partial charge in [0, 0.05) is 21.2 Å². The first kappa shape index (κ1) is 20.3. The van der Waals surface area contributed by atoms with Gasteiger partial charge in [0.25, 0.3) is 0 Å². The van der Waals surface area contributed by atoms with E-state index in [0.29, 0.717) is 21.2 Å². The highest BCUT2D eigenvalue weighted by Gasteiger charge is 2.15. The predicted molar refractivity (Wildman–Crippen MR) is 112 cm³/mol. The maximum atomic E-state index is 12.1. The third kappa shape index (κ3) is 5.54. The van der Waals surface area contributed by atoms with Crippen LogP contribution in [0, 0.1) is 0 Å². The number of hydrogen-bond donors (Lipinski definition) is 2. The summed E-state index contributed by atoms with van der Waals surface area (Å²) in [6.07, 6.45) is 2.81. The first-order valence-corrected chi connectivity index (χ1v) is 9.06. The van der Waals surface area contributed by atoms with E-state index < -0.39 is 11.8 Å². The molecule has 0 atom stereocenters. The molecule has 1 heterocycles. The fraction of sp³-hybridized carbons (Fsp3) is 0. The molecule has 3 rings (SSSR count). The molecule has 2 N–H and O–H groups in total. The van der Waals surface area contributed by atoms with E-state index in [1.165, 1.54) is 24.6 Å². The molecule has 1 aromatic heterocycles. The van der Waals surface area contributed by atoms with Crippen molar-refractivity contribution in [3.05, 3.63) is 93.4 Å². The van der Waals surface area contributed by atoms with Gasteiger partial charge in [0.15, 0.2) is 11.5 Å². The van der Waals surface area contributed by atoms with E-state index in [2.05, 4.69) is 21.1 Å². The van der Waals surface area contributed by atoms with Gasteiger partial charge in [-0.3, -0.25) is 9.59 Å².